The average molecular weight is 200 g/mol. The van der Waals surface area contributed by atoms with E-state index in [1.165, 1.54) is 23.5 Å². The van der Waals surface area contributed by atoms with Crippen LogP contribution >= 0.6 is 11.3 Å². The van der Waals surface area contributed by atoms with Gasteiger partial charge in [0.2, 0.25) is 0 Å². The minimum atomic E-state index is -2.54. The van der Waals surface area contributed by atoms with Gasteiger partial charge >= 0.3 is 0 Å². The zero-order chi connectivity index (χ0) is 9.42. The van der Waals surface area contributed by atoms with Crippen LogP contribution < -0.4 is 0 Å². The first kappa shape index (κ1) is 6.56. The predicted molar refractivity (Wildman–Crippen MR) is 48.2 cm³/mol. The molecule has 0 fully saturated rings. The van der Waals surface area contributed by atoms with Crippen molar-refractivity contribution < 1.29 is 9.79 Å². The van der Waals surface area contributed by atoms with Crippen LogP contribution in [0.15, 0.2) is 28.6 Å². The van der Waals surface area contributed by atoms with E-state index >= 15 is 0 Å². The van der Waals surface area contributed by atoms with Gasteiger partial charge in [-0.05, 0) is 18.2 Å². The van der Waals surface area contributed by atoms with E-state index in [2.05, 4.69) is 4.98 Å². The van der Waals surface area contributed by atoms with Crippen molar-refractivity contribution in [1.29, 1.82) is 0 Å². The average Bonchev–Trinajstić information content (AvgIpc) is 2.42. The molecule has 0 unspecified atom stereocenters. The van der Waals surface area contributed by atoms with Crippen LogP contribution in [-0.2, 0) is 10.7 Å². The van der Waals surface area contributed by atoms with Crippen molar-refractivity contribution in [1.82, 2.24) is 4.98 Å². The van der Waals surface area contributed by atoms with E-state index in [0.29, 0.717) is 5.52 Å². The Morgan fingerprint density at radius 3 is 3.08 bits per heavy atom. The lowest BCUT2D eigenvalue weighted by Crippen LogP contribution is -1.78. The second kappa shape index (κ2) is 2.84. The number of aromatic nitrogens is 1. The van der Waals surface area contributed by atoms with Crippen LogP contribution in [0.4, 0.5) is 0 Å². The molecule has 0 aliphatic carbocycles. The standard InChI is InChI=1S/C7H5NO2S2/c9-12(10)5-1-2-6-7(3-5)11-4-8-6/h1-4,12H/i4D. The van der Waals surface area contributed by atoms with Crippen molar-refractivity contribution in [3.63, 3.8) is 0 Å². The second-order valence-corrected chi connectivity index (χ2v) is 4.07. The first-order chi connectivity index (χ1) is 6.16. The Hall–Kier alpha value is -0.940. The van der Waals surface area contributed by atoms with E-state index in [1.54, 1.807) is 6.07 Å². The fourth-order valence-corrected chi connectivity index (χ4v) is 2.08. The summed E-state index contributed by atoms with van der Waals surface area (Å²) in [6.07, 6.45) is 0. The molecule has 1 aromatic carbocycles. The number of thiazole rings is 1. The molecule has 0 spiro atoms. The van der Waals surface area contributed by atoms with Gasteiger partial charge in [0.15, 0.2) is 10.7 Å². The fraction of sp³-hybridized carbons (Fsp3) is 0. The van der Waals surface area contributed by atoms with Crippen LogP contribution in [0.2, 0.25) is 0 Å². The van der Waals surface area contributed by atoms with Crippen molar-refractivity contribution in [3.8, 4) is 0 Å². The van der Waals surface area contributed by atoms with E-state index < -0.39 is 10.7 Å². The molecular formula is C7H5NO2S2. The van der Waals surface area contributed by atoms with Crippen LogP contribution in [-0.4, -0.2) is 13.4 Å². The molecule has 0 radical (unpaired) electrons. The number of thiol groups is 1. The van der Waals surface area contributed by atoms with Gasteiger partial charge in [-0.1, -0.05) is 0 Å². The molecule has 62 valence electrons. The predicted octanol–water partition coefficient (Wildman–Crippen LogP) is 1.27. The largest absolute Gasteiger partial charge is 0.245 e. The Bertz CT molecular complexity index is 524. The summed E-state index contributed by atoms with van der Waals surface area (Å²) in [6.45, 7) is 0. The van der Waals surface area contributed by atoms with Crippen LogP contribution in [0.25, 0.3) is 10.2 Å². The molecule has 0 saturated heterocycles. The molecule has 1 heterocycles. The van der Waals surface area contributed by atoms with Gasteiger partial charge in [-0.2, -0.15) is 0 Å². The molecule has 0 atom stereocenters. The van der Waals surface area contributed by atoms with E-state index in [9.17, 15) is 8.42 Å². The summed E-state index contributed by atoms with van der Waals surface area (Å²) in [7, 11) is -2.54. The van der Waals surface area contributed by atoms with E-state index in [1.807, 2.05) is 0 Å². The highest BCUT2D eigenvalue weighted by atomic mass is 32.2. The summed E-state index contributed by atoms with van der Waals surface area (Å²) in [5, 5.41) is 0. The summed E-state index contributed by atoms with van der Waals surface area (Å²) < 4.78 is 29.2. The molecule has 0 aliphatic rings. The molecule has 1 aromatic heterocycles. The van der Waals surface area contributed by atoms with Gasteiger partial charge in [0.05, 0.1) is 22.0 Å². The Labute approximate surface area is 76.0 Å². The quantitative estimate of drug-likeness (QED) is 0.705. The summed E-state index contributed by atoms with van der Waals surface area (Å²) >= 11 is 1.17. The van der Waals surface area contributed by atoms with Crippen LogP contribution in [0.1, 0.15) is 1.37 Å². The molecule has 2 rings (SSSR count). The minimum Gasteiger partial charge on any atom is -0.245 e. The van der Waals surface area contributed by atoms with Gasteiger partial charge in [-0.3, -0.25) is 0 Å². The third kappa shape index (κ3) is 1.21. The SMILES string of the molecule is [2H]c1nc2ccc([SH](=O)=O)cc2s1. The topological polar surface area (TPSA) is 47.0 Å². The van der Waals surface area contributed by atoms with E-state index in [0.717, 1.165) is 4.70 Å². The van der Waals surface area contributed by atoms with Gasteiger partial charge in [-0.25, -0.2) is 13.4 Å². The van der Waals surface area contributed by atoms with Gasteiger partial charge < -0.3 is 0 Å². The van der Waals surface area contributed by atoms with E-state index in [4.69, 9.17) is 1.37 Å². The number of benzene rings is 1. The fourth-order valence-electron chi connectivity index (χ4n) is 0.912. The maximum absolute atomic E-state index is 10.6. The molecule has 0 bridgehead atoms. The Morgan fingerprint density at radius 1 is 1.50 bits per heavy atom. The van der Waals surface area contributed by atoms with Crippen LogP contribution in [0.5, 0.6) is 0 Å². The lowest BCUT2D eigenvalue weighted by molar-refractivity contribution is 0.614. The highest BCUT2D eigenvalue weighted by Crippen LogP contribution is 2.19. The number of nitrogens with zero attached hydrogens (tertiary/aromatic N) is 1. The summed E-state index contributed by atoms with van der Waals surface area (Å²) in [6, 6.07) is 4.65. The molecule has 12 heavy (non-hydrogen) atoms. The molecule has 0 amide bonds. The summed E-state index contributed by atoms with van der Waals surface area (Å²) in [5.74, 6) is 0. The second-order valence-electron chi connectivity index (χ2n) is 2.21. The van der Waals surface area contributed by atoms with E-state index in [-0.39, 0.29) is 10.4 Å². The summed E-state index contributed by atoms with van der Waals surface area (Å²) in [4.78, 5) is 4.17. The zero-order valence-corrected chi connectivity index (χ0v) is 7.56. The Morgan fingerprint density at radius 2 is 2.33 bits per heavy atom. The highest BCUT2D eigenvalue weighted by molar-refractivity contribution is 7.72. The van der Waals surface area contributed by atoms with Crippen molar-refractivity contribution in [2.75, 3.05) is 0 Å². The van der Waals surface area contributed by atoms with Gasteiger partial charge in [0.1, 0.15) is 0 Å². The molecule has 5 heteroatoms. The third-order valence-corrected chi connectivity index (χ3v) is 2.91. The van der Waals surface area contributed by atoms with Crippen molar-refractivity contribution >= 4 is 32.3 Å². The smallest absolute Gasteiger partial charge is 0.168 e. The molecule has 0 saturated carbocycles. The maximum Gasteiger partial charge on any atom is 0.168 e. The lowest BCUT2D eigenvalue weighted by Gasteiger charge is -1.88. The monoisotopic (exact) mass is 200 g/mol. The lowest BCUT2D eigenvalue weighted by atomic mass is 10.3. The van der Waals surface area contributed by atoms with Gasteiger partial charge in [0, 0.05) is 0 Å². The Kier molecular flexibility index (Phi) is 1.55. The van der Waals surface area contributed by atoms with Crippen molar-refractivity contribution in [2.24, 2.45) is 0 Å². The summed E-state index contributed by atoms with van der Waals surface area (Å²) in [5.41, 5.74) is 0.879. The first-order valence-corrected chi connectivity index (χ1v) is 5.18. The third-order valence-electron chi connectivity index (χ3n) is 1.48. The minimum absolute atomic E-state index is 0.202. The normalized spacial score (nSPS) is 12.2. The maximum atomic E-state index is 10.6. The van der Waals surface area contributed by atoms with Crippen molar-refractivity contribution in [2.45, 2.75) is 4.90 Å². The van der Waals surface area contributed by atoms with Crippen molar-refractivity contribution in [3.05, 3.63) is 23.7 Å². The number of hydrogen-bond acceptors (Lipinski definition) is 4. The van der Waals surface area contributed by atoms with Gasteiger partial charge in [0.25, 0.3) is 0 Å². The molecule has 0 N–H and O–H groups in total. The first-order valence-electron chi connectivity index (χ1n) is 3.68. The molecule has 0 aliphatic heterocycles. The number of rotatable bonds is 1. The van der Waals surface area contributed by atoms with Crippen LogP contribution in [0, 0.1) is 0 Å². The highest BCUT2D eigenvalue weighted by Gasteiger charge is 1.99. The molecule has 2 aromatic rings. The molecule has 3 nitrogen and oxygen atoms in total. The van der Waals surface area contributed by atoms with Crippen LogP contribution in [0.3, 0.4) is 0 Å². The zero-order valence-electron chi connectivity index (χ0n) is 6.85. The Balaban J connectivity index is 2.74. The number of hydrogen-bond donors (Lipinski definition) is 1. The van der Waals surface area contributed by atoms with Gasteiger partial charge in [-0.15, -0.1) is 11.3 Å². The molecular weight excluding hydrogens is 194 g/mol. The number of fused-ring (bicyclic) bond motifs is 1.